The largest absolute Gasteiger partial charge is 0.508 e. The van der Waals surface area contributed by atoms with Crippen LogP contribution in [0.25, 0.3) is 22.0 Å². The summed E-state index contributed by atoms with van der Waals surface area (Å²) in [5.74, 6) is 0.434. The number of hydrogen-bond acceptors (Lipinski definition) is 5. The number of anilines is 1. The topological polar surface area (TPSA) is 79.3 Å². The Bertz CT molecular complexity index is 1170. The van der Waals surface area contributed by atoms with Gasteiger partial charge >= 0.3 is 0 Å². The summed E-state index contributed by atoms with van der Waals surface area (Å²) in [7, 11) is -3.12. The molecule has 0 fully saturated rings. The Morgan fingerprint density at radius 1 is 1.17 bits per heavy atom. The molecule has 3 aromatic rings. The maximum atomic E-state index is 13.9. The summed E-state index contributed by atoms with van der Waals surface area (Å²) in [6, 6.07) is 9.95. The quantitative estimate of drug-likeness (QED) is 0.612. The highest BCUT2D eigenvalue weighted by molar-refractivity contribution is 7.90. The minimum atomic E-state index is -3.12. The summed E-state index contributed by atoms with van der Waals surface area (Å²) in [6.07, 6.45) is 1.19. The average molecular weight is 417 g/mol. The second-order valence-electron chi connectivity index (χ2n) is 7.63. The molecule has 2 aromatic carbocycles. The fourth-order valence-electron chi connectivity index (χ4n) is 3.43. The number of pyridine rings is 1. The number of aromatic nitrogens is 1. The zero-order valence-corrected chi connectivity index (χ0v) is 17.8. The number of benzene rings is 2. The summed E-state index contributed by atoms with van der Waals surface area (Å²) in [6.45, 7) is 6.00. The molecule has 1 aromatic heterocycles. The van der Waals surface area contributed by atoms with Gasteiger partial charge in [0.05, 0.1) is 11.3 Å². The van der Waals surface area contributed by atoms with Crippen LogP contribution in [-0.2, 0) is 9.84 Å². The molecular weight excluding hydrogens is 391 g/mol. The number of nitrogens with zero attached hydrogens (tertiary/aromatic N) is 1. The lowest BCUT2D eigenvalue weighted by molar-refractivity contribution is 0.476. The first kappa shape index (κ1) is 21.0. The number of phenolic OH excluding ortho intramolecular Hbond substituents is 1. The van der Waals surface area contributed by atoms with Crippen LogP contribution in [0.15, 0.2) is 36.4 Å². The van der Waals surface area contributed by atoms with Crippen molar-refractivity contribution in [2.75, 3.05) is 23.9 Å². The Kier molecular flexibility index (Phi) is 5.80. The molecule has 7 heteroatoms. The van der Waals surface area contributed by atoms with Gasteiger partial charge in [-0.3, -0.25) is 0 Å². The van der Waals surface area contributed by atoms with Crippen molar-refractivity contribution >= 4 is 26.6 Å². The molecule has 0 unspecified atom stereocenters. The summed E-state index contributed by atoms with van der Waals surface area (Å²) < 4.78 is 36.9. The maximum absolute atomic E-state index is 13.9. The predicted octanol–water partition coefficient (Wildman–Crippen LogP) is 4.63. The number of phenols is 1. The summed E-state index contributed by atoms with van der Waals surface area (Å²) >= 11 is 0. The highest BCUT2D eigenvalue weighted by Gasteiger charge is 2.20. The zero-order chi connectivity index (χ0) is 21.3. The highest BCUT2D eigenvalue weighted by atomic mass is 32.2. The van der Waals surface area contributed by atoms with Crippen molar-refractivity contribution in [3.63, 3.8) is 0 Å². The lowest BCUT2D eigenvalue weighted by atomic mass is 9.89. The first-order valence-electron chi connectivity index (χ1n) is 9.41. The van der Waals surface area contributed by atoms with Gasteiger partial charge in [-0.25, -0.2) is 17.8 Å². The Hall–Kier alpha value is -2.67. The summed E-state index contributed by atoms with van der Waals surface area (Å²) in [5, 5.41) is 13.9. The first-order valence-corrected chi connectivity index (χ1v) is 11.5. The molecule has 5 nitrogen and oxygen atoms in total. The van der Waals surface area contributed by atoms with Crippen molar-refractivity contribution in [1.82, 2.24) is 4.98 Å². The molecule has 29 heavy (non-hydrogen) atoms. The fraction of sp³-hybridized carbons (Fsp3) is 0.318. The van der Waals surface area contributed by atoms with Crippen molar-refractivity contribution in [1.29, 1.82) is 0 Å². The third-order valence-corrected chi connectivity index (χ3v) is 5.74. The summed E-state index contributed by atoms with van der Waals surface area (Å²) in [5.41, 5.74) is 3.77. The van der Waals surface area contributed by atoms with Gasteiger partial charge in [0.1, 0.15) is 27.2 Å². The first-order chi connectivity index (χ1) is 13.6. The third kappa shape index (κ3) is 4.67. The van der Waals surface area contributed by atoms with E-state index in [1.165, 1.54) is 12.3 Å². The highest BCUT2D eigenvalue weighted by Crippen LogP contribution is 2.40. The van der Waals surface area contributed by atoms with E-state index in [-0.39, 0.29) is 29.8 Å². The van der Waals surface area contributed by atoms with E-state index in [0.29, 0.717) is 16.9 Å². The Balaban J connectivity index is 2.27. The predicted molar refractivity (Wildman–Crippen MR) is 116 cm³/mol. The van der Waals surface area contributed by atoms with Crippen LogP contribution in [0.3, 0.4) is 0 Å². The van der Waals surface area contributed by atoms with Crippen LogP contribution in [0.1, 0.15) is 30.9 Å². The van der Waals surface area contributed by atoms with E-state index >= 15 is 0 Å². The van der Waals surface area contributed by atoms with Gasteiger partial charge in [-0.2, -0.15) is 0 Å². The molecule has 3 rings (SSSR count). The van der Waals surface area contributed by atoms with Crippen molar-refractivity contribution in [2.24, 2.45) is 0 Å². The Morgan fingerprint density at radius 3 is 2.52 bits per heavy atom. The van der Waals surface area contributed by atoms with E-state index in [1.807, 2.05) is 13.8 Å². The molecule has 0 aliphatic carbocycles. The lowest BCUT2D eigenvalue weighted by Gasteiger charge is -2.21. The van der Waals surface area contributed by atoms with Crippen LogP contribution in [0.2, 0.25) is 0 Å². The zero-order valence-electron chi connectivity index (χ0n) is 17.0. The van der Waals surface area contributed by atoms with Gasteiger partial charge in [-0.1, -0.05) is 19.9 Å². The number of halogens is 1. The smallest absolute Gasteiger partial charge is 0.149 e. The van der Waals surface area contributed by atoms with E-state index in [9.17, 15) is 17.9 Å². The van der Waals surface area contributed by atoms with E-state index in [2.05, 4.69) is 10.3 Å². The van der Waals surface area contributed by atoms with E-state index in [4.69, 9.17) is 0 Å². The molecule has 0 radical (unpaired) electrons. The molecule has 154 valence electrons. The van der Waals surface area contributed by atoms with Crippen molar-refractivity contribution in [3.05, 3.63) is 53.3 Å². The average Bonchev–Trinajstić information content (AvgIpc) is 2.61. The molecule has 0 saturated heterocycles. The molecule has 0 amide bonds. The molecule has 0 atom stereocenters. The molecule has 0 saturated carbocycles. The number of nitrogens with one attached hydrogen (secondary N) is 1. The van der Waals surface area contributed by atoms with Crippen LogP contribution in [0.4, 0.5) is 10.2 Å². The van der Waals surface area contributed by atoms with Crippen molar-refractivity contribution in [2.45, 2.75) is 26.7 Å². The number of rotatable bonds is 6. The lowest BCUT2D eigenvalue weighted by Crippen LogP contribution is -2.16. The van der Waals surface area contributed by atoms with E-state index in [1.54, 1.807) is 37.3 Å². The number of aryl methyl sites for hydroxylation is 1. The SMILES string of the molecule is Cc1cc(-c2c(C(C)C)c(NCCS(C)(=O)=O)nc3cc(O)ccc23)ccc1F. The van der Waals surface area contributed by atoms with E-state index in [0.717, 1.165) is 22.1 Å². The Morgan fingerprint density at radius 2 is 1.90 bits per heavy atom. The van der Waals surface area contributed by atoms with Gasteiger partial charge in [-0.15, -0.1) is 0 Å². The monoisotopic (exact) mass is 416 g/mol. The second-order valence-corrected chi connectivity index (χ2v) is 9.89. The molecular formula is C22H25FN2O3S. The minimum Gasteiger partial charge on any atom is -0.508 e. The molecule has 1 heterocycles. The van der Waals surface area contributed by atoms with Gasteiger partial charge in [0, 0.05) is 29.8 Å². The maximum Gasteiger partial charge on any atom is 0.149 e. The van der Waals surface area contributed by atoms with Gasteiger partial charge in [0.15, 0.2) is 0 Å². The Labute approximate surface area is 170 Å². The van der Waals surface area contributed by atoms with Crippen LogP contribution in [0, 0.1) is 12.7 Å². The molecule has 0 bridgehead atoms. The molecule has 0 spiro atoms. The molecule has 0 aliphatic rings. The van der Waals surface area contributed by atoms with Gasteiger partial charge in [0.2, 0.25) is 0 Å². The van der Waals surface area contributed by atoms with Crippen LogP contribution < -0.4 is 5.32 Å². The van der Waals surface area contributed by atoms with E-state index < -0.39 is 9.84 Å². The van der Waals surface area contributed by atoms with Crippen LogP contribution >= 0.6 is 0 Å². The standard InChI is InChI=1S/C22H25FN2O3S/c1-13(2)20-21(15-5-8-18(23)14(3)11-15)17-7-6-16(26)12-19(17)25-22(20)24-9-10-29(4,27)28/h5-8,11-13,26H,9-10H2,1-4H3,(H,24,25). The van der Waals surface area contributed by atoms with Gasteiger partial charge < -0.3 is 10.4 Å². The van der Waals surface area contributed by atoms with Crippen molar-refractivity contribution < 1.29 is 17.9 Å². The minimum absolute atomic E-state index is 0.0186. The van der Waals surface area contributed by atoms with Gasteiger partial charge in [0.25, 0.3) is 0 Å². The second kappa shape index (κ2) is 7.99. The number of sulfone groups is 1. The third-order valence-electron chi connectivity index (χ3n) is 4.80. The number of hydrogen-bond donors (Lipinski definition) is 2. The van der Waals surface area contributed by atoms with Crippen LogP contribution in [0.5, 0.6) is 5.75 Å². The van der Waals surface area contributed by atoms with Crippen LogP contribution in [-0.4, -0.2) is 37.1 Å². The summed E-state index contributed by atoms with van der Waals surface area (Å²) in [4.78, 5) is 4.66. The van der Waals surface area contributed by atoms with Crippen molar-refractivity contribution in [3.8, 4) is 16.9 Å². The van der Waals surface area contributed by atoms with Gasteiger partial charge in [-0.05, 0) is 53.8 Å². The number of fused-ring (bicyclic) bond motifs is 1. The number of aromatic hydroxyl groups is 1. The molecule has 2 N–H and O–H groups in total. The normalized spacial score (nSPS) is 11.9. The molecule has 0 aliphatic heterocycles. The fourth-order valence-corrected chi connectivity index (χ4v) is 3.90.